The van der Waals surface area contributed by atoms with Crippen molar-refractivity contribution in [2.24, 2.45) is 0 Å². The first kappa shape index (κ1) is 13.0. The van der Waals surface area contributed by atoms with Crippen molar-refractivity contribution in [2.45, 2.75) is 38.1 Å². The van der Waals surface area contributed by atoms with E-state index in [0.29, 0.717) is 0 Å². The highest BCUT2D eigenvalue weighted by molar-refractivity contribution is 5.29. The molecule has 1 fully saturated rings. The van der Waals surface area contributed by atoms with Crippen molar-refractivity contribution < 1.29 is 18.3 Å². The van der Waals surface area contributed by atoms with Crippen molar-refractivity contribution in [3.05, 3.63) is 48.2 Å². The van der Waals surface area contributed by atoms with Gasteiger partial charge in [-0.1, -0.05) is 36.9 Å². The van der Waals surface area contributed by atoms with Crippen molar-refractivity contribution in [2.75, 3.05) is 0 Å². The molecule has 0 amide bonds. The molecular formula is C14H16F2O2. The summed E-state index contributed by atoms with van der Waals surface area (Å²) in [4.78, 5) is 0. The van der Waals surface area contributed by atoms with Gasteiger partial charge in [0.15, 0.2) is 5.60 Å². The van der Waals surface area contributed by atoms with E-state index in [1.54, 1.807) is 32.0 Å². The Morgan fingerprint density at radius 2 is 1.67 bits per heavy atom. The Labute approximate surface area is 105 Å². The molecule has 1 heterocycles. The third-order valence-corrected chi connectivity index (χ3v) is 3.09. The quantitative estimate of drug-likeness (QED) is 0.798. The van der Waals surface area contributed by atoms with E-state index in [2.05, 4.69) is 6.58 Å². The standard InChI is InChI=1S/C14H16F2O2/c1-10-13(4,18-12(2,3)17-10)14(15,16)11-8-6-5-7-9-11/h5-9H,1H2,2-4H3. The second-order valence-electron chi connectivity index (χ2n) is 5.00. The third-order valence-electron chi connectivity index (χ3n) is 3.09. The molecule has 18 heavy (non-hydrogen) atoms. The molecule has 2 nitrogen and oxygen atoms in total. The van der Waals surface area contributed by atoms with Crippen LogP contribution >= 0.6 is 0 Å². The summed E-state index contributed by atoms with van der Waals surface area (Å²) in [7, 11) is 0. The molecular weight excluding hydrogens is 238 g/mol. The Morgan fingerprint density at radius 1 is 1.11 bits per heavy atom. The van der Waals surface area contributed by atoms with Crippen molar-refractivity contribution in [3.63, 3.8) is 0 Å². The van der Waals surface area contributed by atoms with Gasteiger partial charge in [0, 0.05) is 19.4 Å². The maximum absolute atomic E-state index is 14.6. The first-order valence-corrected chi connectivity index (χ1v) is 5.71. The molecule has 4 heteroatoms. The number of halogens is 2. The average Bonchev–Trinajstić information content (AvgIpc) is 2.50. The second kappa shape index (κ2) is 3.79. The van der Waals surface area contributed by atoms with Crippen LogP contribution in [-0.2, 0) is 15.4 Å². The summed E-state index contributed by atoms with van der Waals surface area (Å²) in [5.41, 5.74) is -1.98. The molecule has 1 aromatic rings. The summed E-state index contributed by atoms with van der Waals surface area (Å²) in [6.45, 7) is 8.05. The Kier molecular flexibility index (Phi) is 2.74. The van der Waals surface area contributed by atoms with E-state index in [9.17, 15) is 8.78 Å². The topological polar surface area (TPSA) is 18.5 Å². The fourth-order valence-corrected chi connectivity index (χ4v) is 2.13. The molecule has 0 bridgehead atoms. The van der Waals surface area contributed by atoms with Crippen LogP contribution in [0.5, 0.6) is 0 Å². The van der Waals surface area contributed by atoms with Gasteiger partial charge in [-0.3, -0.25) is 0 Å². The van der Waals surface area contributed by atoms with Crippen molar-refractivity contribution in [3.8, 4) is 0 Å². The molecule has 2 rings (SSSR count). The van der Waals surface area contributed by atoms with Gasteiger partial charge in [-0.15, -0.1) is 0 Å². The lowest BCUT2D eigenvalue weighted by Gasteiger charge is -2.32. The second-order valence-corrected chi connectivity index (χ2v) is 5.00. The summed E-state index contributed by atoms with van der Waals surface area (Å²) in [5.74, 6) is -4.36. The Balaban J connectivity index is 2.45. The number of hydrogen-bond donors (Lipinski definition) is 0. The van der Waals surface area contributed by atoms with Gasteiger partial charge in [0.2, 0.25) is 5.79 Å². The fraction of sp³-hybridized carbons (Fsp3) is 0.429. The van der Waals surface area contributed by atoms with Gasteiger partial charge in [0.05, 0.1) is 0 Å². The summed E-state index contributed by atoms with van der Waals surface area (Å²) >= 11 is 0. The molecule has 1 aromatic carbocycles. The minimum Gasteiger partial charge on any atom is -0.465 e. The van der Waals surface area contributed by atoms with Crippen LogP contribution < -0.4 is 0 Å². The lowest BCUT2D eigenvalue weighted by molar-refractivity contribution is -0.227. The van der Waals surface area contributed by atoms with Crippen LogP contribution in [0.3, 0.4) is 0 Å². The zero-order valence-electron chi connectivity index (χ0n) is 10.7. The van der Waals surface area contributed by atoms with Gasteiger partial charge in [-0.25, -0.2) is 0 Å². The molecule has 0 radical (unpaired) electrons. The number of benzene rings is 1. The van der Waals surface area contributed by atoms with Crippen LogP contribution in [-0.4, -0.2) is 11.4 Å². The largest absolute Gasteiger partial charge is 0.465 e. The van der Waals surface area contributed by atoms with E-state index >= 15 is 0 Å². The van der Waals surface area contributed by atoms with Crippen molar-refractivity contribution in [1.82, 2.24) is 0 Å². The fourth-order valence-electron chi connectivity index (χ4n) is 2.13. The molecule has 0 N–H and O–H groups in total. The maximum atomic E-state index is 14.6. The first-order chi connectivity index (χ1) is 8.19. The minimum absolute atomic E-state index is 0.0543. The van der Waals surface area contributed by atoms with Crippen LogP contribution in [0, 0.1) is 0 Å². The van der Waals surface area contributed by atoms with Crippen molar-refractivity contribution in [1.29, 1.82) is 0 Å². The molecule has 1 unspecified atom stereocenters. The molecule has 1 aliphatic heterocycles. The van der Waals surface area contributed by atoms with E-state index in [1.807, 2.05) is 0 Å². The van der Waals surface area contributed by atoms with Gasteiger partial charge in [0.25, 0.3) is 0 Å². The van der Waals surface area contributed by atoms with E-state index in [0.717, 1.165) is 0 Å². The van der Waals surface area contributed by atoms with Crippen LogP contribution in [0.2, 0.25) is 0 Å². The molecule has 0 aliphatic carbocycles. The number of ether oxygens (including phenoxy) is 2. The molecule has 0 saturated carbocycles. The average molecular weight is 254 g/mol. The van der Waals surface area contributed by atoms with E-state index in [-0.39, 0.29) is 11.3 Å². The highest BCUT2D eigenvalue weighted by atomic mass is 19.3. The number of rotatable bonds is 2. The van der Waals surface area contributed by atoms with Crippen LogP contribution in [0.15, 0.2) is 42.7 Å². The van der Waals surface area contributed by atoms with Gasteiger partial charge in [0.1, 0.15) is 5.76 Å². The predicted octanol–water partition coefficient (Wildman–Crippen LogP) is 3.83. The van der Waals surface area contributed by atoms with Crippen LogP contribution in [0.4, 0.5) is 8.78 Å². The Morgan fingerprint density at radius 3 is 2.11 bits per heavy atom. The smallest absolute Gasteiger partial charge is 0.308 e. The molecule has 1 saturated heterocycles. The highest BCUT2D eigenvalue weighted by Crippen LogP contribution is 2.51. The summed E-state index contributed by atoms with van der Waals surface area (Å²) in [5, 5.41) is 0. The van der Waals surface area contributed by atoms with E-state index in [1.165, 1.54) is 19.1 Å². The highest BCUT2D eigenvalue weighted by Gasteiger charge is 2.62. The zero-order valence-corrected chi connectivity index (χ0v) is 10.7. The van der Waals surface area contributed by atoms with E-state index in [4.69, 9.17) is 9.47 Å². The summed E-state index contributed by atoms with van der Waals surface area (Å²) in [6.07, 6.45) is 0. The first-order valence-electron chi connectivity index (χ1n) is 5.71. The molecule has 1 aliphatic rings. The lowest BCUT2D eigenvalue weighted by Crippen LogP contribution is -2.45. The van der Waals surface area contributed by atoms with Gasteiger partial charge in [-0.2, -0.15) is 8.78 Å². The third kappa shape index (κ3) is 1.81. The van der Waals surface area contributed by atoms with Gasteiger partial charge < -0.3 is 9.47 Å². The molecule has 98 valence electrons. The Bertz CT molecular complexity index is 468. The summed E-state index contributed by atoms with van der Waals surface area (Å²) in [6, 6.07) is 7.56. The zero-order chi connectivity index (χ0) is 13.6. The van der Waals surface area contributed by atoms with Crippen molar-refractivity contribution >= 4 is 0 Å². The normalized spacial score (nSPS) is 27.1. The maximum Gasteiger partial charge on any atom is 0.308 e. The Hall–Kier alpha value is -1.42. The van der Waals surface area contributed by atoms with E-state index < -0.39 is 17.3 Å². The molecule has 0 spiro atoms. The predicted molar refractivity (Wildman–Crippen MR) is 64.1 cm³/mol. The van der Waals surface area contributed by atoms with Gasteiger partial charge in [-0.05, 0) is 6.92 Å². The monoisotopic (exact) mass is 254 g/mol. The number of hydrogen-bond acceptors (Lipinski definition) is 2. The summed E-state index contributed by atoms with van der Waals surface area (Å²) < 4.78 is 39.8. The number of alkyl halides is 2. The van der Waals surface area contributed by atoms with Gasteiger partial charge >= 0.3 is 5.92 Å². The van der Waals surface area contributed by atoms with Crippen LogP contribution in [0.1, 0.15) is 26.3 Å². The molecule has 0 aromatic heterocycles. The SMILES string of the molecule is C=C1OC(C)(C)OC1(C)C(F)(F)c1ccccc1. The van der Waals surface area contributed by atoms with Crippen LogP contribution in [0.25, 0.3) is 0 Å². The minimum atomic E-state index is -3.21. The lowest BCUT2D eigenvalue weighted by atomic mass is 9.90. The molecule has 1 atom stereocenters.